The van der Waals surface area contributed by atoms with Gasteiger partial charge in [0.2, 0.25) is 0 Å². The third kappa shape index (κ3) is 4.46. The highest BCUT2D eigenvalue weighted by Gasteiger charge is 2.26. The van der Waals surface area contributed by atoms with Crippen molar-refractivity contribution in [2.24, 2.45) is 5.92 Å². The van der Waals surface area contributed by atoms with Crippen LogP contribution in [0.2, 0.25) is 0 Å². The molecule has 24 heavy (non-hydrogen) atoms. The highest BCUT2D eigenvalue weighted by molar-refractivity contribution is 5.92. The predicted molar refractivity (Wildman–Crippen MR) is 87.4 cm³/mol. The van der Waals surface area contributed by atoms with Crippen molar-refractivity contribution in [3.8, 4) is 5.75 Å². The Morgan fingerprint density at radius 1 is 1.29 bits per heavy atom. The summed E-state index contributed by atoms with van der Waals surface area (Å²) >= 11 is 0. The molecule has 1 aliphatic rings. The highest BCUT2D eigenvalue weighted by atomic mass is 19.1. The van der Waals surface area contributed by atoms with E-state index in [1.165, 1.54) is 32.6 Å². The van der Waals surface area contributed by atoms with Crippen molar-refractivity contribution < 1.29 is 23.5 Å². The summed E-state index contributed by atoms with van der Waals surface area (Å²) in [6.45, 7) is 3.63. The minimum atomic E-state index is -0.934. The number of nitrogens with one attached hydrogen (secondary N) is 1. The third-order valence-electron chi connectivity index (χ3n) is 4.48. The topological polar surface area (TPSA) is 64.6 Å². The molecule has 6 heteroatoms. The van der Waals surface area contributed by atoms with Gasteiger partial charge in [-0.05, 0) is 43.9 Å². The minimum absolute atomic E-state index is 0.0407. The normalized spacial score (nSPS) is 21.7. The Kier molecular flexibility index (Phi) is 6.17. The second-order valence-electron chi connectivity index (χ2n) is 6.27. The van der Waals surface area contributed by atoms with Gasteiger partial charge in [0, 0.05) is 6.04 Å². The van der Waals surface area contributed by atoms with Gasteiger partial charge in [-0.15, -0.1) is 0 Å². The van der Waals surface area contributed by atoms with Gasteiger partial charge in [-0.1, -0.05) is 19.8 Å². The highest BCUT2D eigenvalue weighted by Crippen LogP contribution is 2.24. The number of carbonyl (C=O) groups excluding carboxylic acids is 2. The molecule has 5 nitrogen and oxygen atoms in total. The summed E-state index contributed by atoms with van der Waals surface area (Å²) in [4.78, 5) is 24.3. The number of rotatable bonds is 5. The number of esters is 1. The van der Waals surface area contributed by atoms with Gasteiger partial charge in [0.1, 0.15) is 0 Å². The molecule has 0 unspecified atom stereocenters. The Labute approximate surface area is 141 Å². The van der Waals surface area contributed by atoms with E-state index in [-0.39, 0.29) is 23.3 Å². The quantitative estimate of drug-likeness (QED) is 0.839. The second-order valence-corrected chi connectivity index (χ2v) is 6.27. The van der Waals surface area contributed by atoms with Crippen LogP contribution in [0.15, 0.2) is 18.2 Å². The Hall–Kier alpha value is -2.11. The molecule has 1 amide bonds. The van der Waals surface area contributed by atoms with Crippen molar-refractivity contribution in [1.29, 1.82) is 0 Å². The number of benzene rings is 1. The fourth-order valence-electron chi connectivity index (χ4n) is 2.91. The predicted octanol–water partition coefficient (Wildman–Crippen LogP) is 3.07. The monoisotopic (exact) mass is 337 g/mol. The summed E-state index contributed by atoms with van der Waals surface area (Å²) in [5, 5.41) is 2.94. The average molecular weight is 337 g/mol. The molecule has 1 aromatic carbocycles. The molecule has 0 radical (unpaired) electrons. The summed E-state index contributed by atoms with van der Waals surface area (Å²) < 4.78 is 23.6. The molecular weight excluding hydrogens is 313 g/mol. The molecule has 0 bridgehead atoms. The smallest absolute Gasteiger partial charge is 0.339 e. The van der Waals surface area contributed by atoms with Crippen LogP contribution in [0.25, 0.3) is 0 Å². The molecule has 0 saturated heterocycles. The van der Waals surface area contributed by atoms with Crippen LogP contribution in [-0.4, -0.2) is 31.1 Å². The van der Waals surface area contributed by atoms with E-state index in [4.69, 9.17) is 9.47 Å². The van der Waals surface area contributed by atoms with Gasteiger partial charge in [0.05, 0.1) is 12.7 Å². The lowest BCUT2D eigenvalue weighted by atomic mass is 9.86. The molecule has 0 aromatic heterocycles. The SMILES string of the molecule is COc1ccc(C(=O)O[C@H](C)C(=O)N[C@@H]2CCCC[C@H]2C)cc1F. The van der Waals surface area contributed by atoms with E-state index >= 15 is 0 Å². The fourth-order valence-corrected chi connectivity index (χ4v) is 2.91. The largest absolute Gasteiger partial charge is 0.494 e. The number of amides is 1. The summed E-state index contributed by atoms with van der Waals surface area (Å²) in [5.74, 6) is -1.25. The number of ether oxygens (including phenoxy) is 2. The number of hydrogen-bond acceptors (Lipinski definition) is 4. The maximum atomic E-state index is 13.6. The van der Waals surface area contributed by atoms with Crippen LogP contribution in [0, 0.1) is 11.7 Å². The Bertz CT molecular complexity index is 605. The Morgan fingerprint density at radius 2 is 2.00 bits per heavy atom. The minimum Gasteiger partial charge on any atom is -0.494 e. The van der Waals surface area contributed by atoms with E-state index in [0.717, 1.165) is 25.3 Å². The lowest BCUT2D eigenvalue weighted by Crippen LogP contribution is -2.46. The summed E-state index contributed by atoms with van der Waals surface area (Å²) in [5.41, 5.74) is 0.0407. The molecule has 2 rings (SSSR count). The van der Waals surface area contributed by atoms with E-state index in [9.17, 15) is 14.0 Å². The van der Waals surface area contributed by atoms with Gasteiger partial charge in [-0.2, -0.15) is 0 Å². The molecule has 132 valence electrons. The van der Waals surface area contributed by atoms with Crippen LogP contribution < -0.4 is 10.1 Å². The van der Waals surface area contributed by atoms with Crippen LogP contribution >= 0.6 is 0 Å². The zero-order valence-electron chi connectivity index (χ0n) is 14.3. The molecule has 1 fully saturated rings. The van der Waals surface area contributed by atoms with E-state index in [1.54, 1.807) is 0 Å². The lowest BCUT2D eigenvalue weighted by molar-refractivity contribution is -0.130. The molecule has 1 N–H and O–H groups in total. The zero-order chi connectivity index (χ0) is 17.7. The molecule has 1 aliphatic carbocycles. The first kappa shape index (κ1) is 18.2. The summed E-state index contributed by atoms with van der Waals surface area (Å²) in [6, 6.07) is 3.90. The van der Waals surface area contributed by atoms with E-state index in [0.29, 0.717) is 5.92 Å². The number of halogens is 1. The van der Waals surface area contributed by atoms with Crippen molar-refractivity contribution in [3.05, 3.63) is 29.6 Å². The van der Waals surface area contributed by atoms with Crippen molar-refractivity contribution in [3.63, 3.8) is 0 Å². The van der Waals surface area contributed by atoms with Crippen molar-refractivity contribution >= 4 is 11.9 Å². The van der Waals surface area contributed by atoms with Crippen LogP contribution in [0.1, 0.15) is 49.9 Å². The van der Waals surface area contributed by atoms with Gasteiger partial charge < -0.3 is 14.8 Å². The fraction of sp³-hybridized carbons (Fsp3) is 0.556. The van der Waals surface area contributed by atoms with Gasteiger partial charge in [0.15, 0.2) is 17.7 Å². The molecule has 1 aromatic rings. The van der Waals surface area contributed by atoms with Crippen molar-refractivity contribution in [2.75, 3.05) is 7.11 Å². The standard InChI is InChI=1S/C18H24FNO4/c1-11-6-4-5-7-15(11)20-17(21)12(2)24-18(22)13-8-9-16(23-3)14(19)10-13/h8-12,15H,4-7H2,1-3H3,(H,20,21)/t11-,12-,15-/m1/s1. The van der Waals surface area contributed by atoms with Gasteiger partial charge in [-0.25, -0.2) is 9.18 Å². The second kappa shape index (κ2) is 8.13. The molecule has 0 aliphatic heterocycles. The van der Waals surface area contributed by atoms with Crippen molar-refractivity contribution in [1.82, 2.24) is 5.32 Å². The first-order valence-corrected chi connectivity index (χ1v) is 8.27. The maximum Gasteiger partial charge on any atom is 0.339 e. The van der Waals surface area contributed by atoms with Crippen LogP contribution in [0.4, 0.5) is 4.39 Å². The van der Waals surface area contributed by atoms with E-state index in [1.807, 2.05) is 0 Å². The zero-order valence-corrected chi connectivity index (χ0v) is 14.3. The van der Waals surface area contributed by atoms with Crippen LogP contribution in [0.3, 0.4) is 0 Å². The molecular formula is C18H24FNO4. The number of hydrogen-bond donors (Lipinski definition) is 1. The first-order chi connectivity index (χ1) is 11.4. The van der Waals surface area contributed by atoms with Crippen LogP contribution in [-0.2, 0) is 9.53 Å². The van der Waals surface area contributed by atoms with E-state index < -0.39 is 17.9 Å². The lowest BCUT2D eigenvalue weighted by Gasteiger charge is -2.30. The molecule has 3 atom stereocenters. The van der Waals surface area contributed by atoms with Crippen LogP contribution in [0.5, 0.6) is 5.75 Å². The first-order valence-electron chi connectivity index (χ1n) is 8.27. The summed E-state index contributed by atoms with van der Waals surface area (Å²) in [6.07, 6.45) is 3.37. The Balaban J connectivity index is 1.92. The number of methoxy groups -OCH3 is 1. The van der Waals surface area contributed by atoms with Gasteiger partial charge >= 0.3 is 5.97 Å². The van der Waals surface area contributed by atoms with Gasteiger partial charge in [0.25, 0.3) is 5.91 Å². The maximum absolute atomic E-state index is 13.6. The molecule has 1 saturated carbocycles. The molecule has 0 heterocycles. The number of carbonyl (C=O) groups is 2. The third-order valence-corrected chi connectivity index (χ3v) is 4.48. The molecule has 0 spiro atoms. The Morgan fingerprint density at radius 3 is 2.62 bits per heavy atom. The van der Waals surface area contributed by atoms with Crippen molar-refractivity contribution in [2.45, 2.75) is 51.7 Å². The summed E-state index contributed by atoms with van der Waals surface area (Å²) in [7, 11) is 1.34. The van der Waals surface area contributed by atoms with Gasteiger partial charge in [-0.3, -0.25) is 4.79 Å². The van der Waals surface area contributed by atoms with E-state index in [2.05, 4.69) is 12.2 Å². The average Bonchev–Trinajstić information content (AvgIpc) is 2.56.